The third-order valence-electron chi connectivity index (χ3n) is 4.51. The van der Waals surface area contributed by atoms with E-state index in [1.807, 2.05) is 11.3 Å². The molecular weight excluding hydrogens is 376 g/mol. The van der Waals surface area contributed by atoms with Crippen LogP contribution in [-0.4, -0.2) is 0 Å². The average Bonchev–Trinajstić information content (AvgIpc) is 2.98. The highest BCUT2D eigenvalue weighted by molar-refractivity contribution is 9.10. The molecular formula is C22H13BrS. The van der Waals surface area contributed by atoms with Gasteiger partial charge in [-0.05, 0) is 40.6 Å². The molecule has 0 radical (unpaired) electrons. The number of hydrogen-bond acceptors (Lipinski definition) is 1. The van der Waals surface area contributed by atoms with E-state index in [0.717, 1.165) is 4.47 Å². The first-order chi connectivity index (χ1) is 11.8. The molecule has 0 bridgehead atoms. The second kappa shape index (κ2) is 5.44. The second-order valence-corrected chi connectivity index (χ2v) is 7.93. The molecule has 0 N–H and O–H groups in total. The summed E-state index contributed by atoms with van der Waals surface area (Å²) in [5.41, 5.74) is 2.63. The van der Waals surface area contributed by atoms with Crippen molar-refractivity contribution in [2.75, 3.05) is 0 Å². The van der Waals surface area contributed by atoms with Crippen LogP contribution in [0.3, 0.4) is 0 Å². The highest BCUT2D eigenvalue weighted by atomic mass is 79.9. The Balaban J connectivity index is 2.05. The van der Waals surface area contributed by atoms with Gasteiger partial charge in [-0.2, -0.15) is 0 Å². The fourth-order valence-corrected chi connectivity index (χ4v) is 5.04. The number of benzene rings is 4. The molecule has 0 aliphatic rings. The molecule has 2 heteroatoms. The molecule has 24 heavy (non-hydrogen) atoms. The van der Waals surface area contributed by atoms with Gasteiger partial charge in [0.2, 0.25) is 0 Å². The van der Waals surface area contributed by atoms with Crippen molar-refractivity contribution in [3.8, 4) is 11.1 Å². The van der Waals surface area contributed by atoms with E-state index >= 15 is 0 Å². The van der Waals surface area contributed by atoms with E-state index in [-0.39, 0.29) is 0 Å². The Morgan fingerprint density at radius 1 is 0.667 bits per heavy atom. The van der Waals surface area contributed by atoms with Crippen molar-refractivity contribution in [3.05, 3.63) is 83.3 Å². The lowest BCUT2D eigenvalue weighted by Gasteiger charge is -2.09. The molecule has 0 amide bonds. The number of halogens is 1. The summed E-state index contributed by atoms with van der Waals surface area (Å²) in [6.45, 7) is 0. The summed E-state index contributed by atoms with van der Waals surface area (Å²) in [7, 11) is 0. The zero-order valence-corrected chi connectivity index (χ0v) is 15.2. The minimum absolute atomic E-state index is 1.13. The normalized spacial score (nSPS) is 11.5. The minimum atomic E-state index is 1.13. The molecule has 0 fully saturated rings. The Kier molecular flexibility index (Phi) is 3.22. The van der Waals surface area contributed by atoms with Crippen molar-refractivity contribution in [1.29, 1.82) is 0 Å². The second-order valence-electron chi connectivity index (χ2n) is 5.96. The van der Waals surface area contributed by atoms with E-state index in [1.54, 1.807) is 0 Å². The first-order valence-electron chi connectivity index (χ1n) is 7.90. The van der Waals surface area contributed by atoms with Gasteiger partial charge in [-0.25, -0.2) is 0 Å². The number of fused-ring (bicyclic) bond motifs is 4. The van der Waals surface area contributed by atoms with Crippen LogP contribution in [0.4, 0.5) is 0 Å². The average molecular weight is 389 g/mol. The van der Waals surface area contributed by atoms with E-state index in [0.29, 0.717) is 0 Å². The lowest BCUT2D eigenvalue weighted by Crippen LogP contribution is -1.82. The fourth-order valence-electron chi connectivity index (χ4n) is 3.44. The van der Waals surface area contributed by atoms with Crippen LogP contribution in [0.2, 0.25) is 0 Å². The monoisotopic (exact) mass is 388 g/mol. The smallest absolute Gasteiger partial charge is 0.0440 e. The van der Waals surface area contributed by atoms with Crippen molar-refractivity contribution in [2.45, 2.75) is 0 Å². The summed E-state index contributed by atoms with van der Waals surface area (Å²) in [4.78, 5) is 0. The highest BCUT2D eigenvalue weighted by Gasteiger charge is 2.14. The van der Waals surface area contributed by atoms with Crippen molar-refractivity contribution in [3.63, 3.8) is 0 Å². The SMILES string of the molecule is Brc1ccc2sc3c(-c4ccccc4)c4ccccc4cc3c2c1. The van der Waals surface area contributed by atoms with E-state index in [1.165, 1.54) is 42.1 Å². The van der Waals surface area contributed by atoms with Gasteiger partial charge in [0.1, 0.15) is 0 Å². The summed E-state index contributed by atoms with van der Waals surface area (Å²) in [5, 5.41) is 5.28. The minimum Gasteiger partial charge on any atom is -0.135 e. The van der Waals surface area contributed by atoms with Crippen LogP contribution >= 0.6 is 27.3 Å². The summed E-state index contributed by atoms with van der Waals surface area (Å²) >= 11 is 5.51. The predicted molar refractivity (Wildman–Crippen MR) is 110 cm³/mol. The van der Waals surface area contributed by atoms with E-state index in [9.17, 15) is 0 Å². The van der Waals surface area contributed by atoms with Crippen LogP contribution in [0.15, 0.2) is 83.3 Å². The third kappa shape index (κ3) is 2.10. The molecule has 0 spiro atoms. The van der Waals surface area contributed by atoms with Gasteiger partial charge in [-0.3, -0.25) is 0 Å². The maximum atomic E-state index is 3.62. The van der Waals surface area contributed by atoms with Crippen LogP contribution in [0.1, 0.15) is 0 Å². The molecule has 5 rings (SSSR count). The summed E-state index contributed by atoms with van der Waals surface area (Å²) in [6, 6.07) is 28.3. The first-order valence-corrected chi connectivity index (χ1v) is 9.51. The van der Waals surface area contributed by atoms with Crippen molar-refractivity contribution in [1.82, 2.24) is 0 Å². The molecule has 0 saturated carbocycles. The zero-order chi connectivity index (χ0) is 16.1. The van der Waals surface area contributed by atoms with Crippen molar-refractivity contribution >= 4 is 58.2 Å². The van der Waals surface area contributed by atoms with Crippen LogP contribution in [-0.2, 0) is 0 Å². The van der Waals surface area contributed by atoms with E-state index in [4.69, 9.17) is 0 Å². The molecule has 1 heterocycles. The Morgan fingerprint density at radius 3 is 2.33 bits per heavy atom. The van der Waals surface area contributed by atoms with Gasteiger partial charge in [0.05, 0.1) is 0 Å². The summed E-state index contributed by atoms with van der Waals surface area (Å²) in [6.07, 6.45) is 0. The van der Waals surface area contributed by atoms with Gasteiger partial charge >= 0.3 is 0 Å². The molecule has 0 atom stereocenters. The Morgan fingerprint density at radius 2 is 1.46 bits per heavy atom. The van der Waals surface area contributed by atoms with Gasteiger partial charge < -0.3 is 0 Å². The molecule has 114 valence electrons. The topological polar surface area (TPSA) is 0 Å². The van der Waals surface area contributed by atoms with Crippen LogP contribution in [0.25, 0.3) is 42.1 Å². The third-order valence-corrected chi connectivity index (χ3v) is 6.21. The Hall–Kier alpha value is -2.16. The molecule has 0 saturated heterocycles. The summed E-state index contributed by atoms with van der Waals surface area (Å²) in [5.74, 6) is 0. The van der Waals surface area contributed by atoms with Gasteiger partial charge in [0, 0.05) is 30.2 Å². The standard InChI is InChI=1S/C22H13BrS/c23-16-10-11-20-18(13-16)19-12-15-8-4-5-9-17(15)21(22(19)24-20)14-6-2-1-3-7-14/h1-13H. The Labute approximate surface area is 152 Å². The molecule has 0 aliphatic heterocycles. The molecule has 0 nitrogen and oxygen atoms in total. The number of rotatable bonds is 1. The maximum Gasteiger partial charge on any atom is 0.0440 e. The first kappa shape index (κ1) is 14.2. The molecule has 1 aromatic heterocycles. The fraction of sp³-hybridized carbons (Fsp3) is 0. The molecule has 0 aliphatic carbocycles. The predicted octanol–water partition coefficient (Wildman–Crippen LogP) is 7.64. The van der Waals surface area contributed by atoms with Crippen LogP contribution < -0.4 is 0 Å². The van der Waals surface area contributed by atoms with Gasteiger partial charge in [0.25, 0.3) is 0 Å². The molecule has 4 aromatic carbocycles. The van der Waals surface area contributed by atoms with Crippen molar-refractivity contribution < 1.29 is 0 Å². The summed E-state index contributed by atoms with van der Waals surface area (Å²) < 4.78 is 3.83. The Bertz CT molecular complexity index is 1200. The molecule has 5 aromatic rings. The van der Waals surface area contributed by atoms with Crippen LogP contribution in [0.5, 0.6) is 0 Å². The largest absolute Gasteiger partial charge is 0.135 e. The lowest BCUT2D eigenvalue weighted by molar-refractivity contribution is 1.69. The zero-order valence-electron chi connectivity index (χ0n) is 12.8. The van der Waals surface area contributed by atoms with E-state index < -0.39 is 0 Å². The van der Waals surface area contributed by atoms with Gasteiger partial charge in [0.15, 0.2) is 0 Å². The number of hydrogen-bond donors (Lipinski definition) is 0. The van der Waals surface area contributed by atoms with Gasteiger partial charge in [-0.1, -0.05) is 70.5 Å². The maximum absolute atomic E-state index is 3.62. The number of thiophene rings is 1. The van der Waals surface area contributed by atoms with Gasteiger partial charge in [-0.15, -0.1) is 11.3 Å². The van der Waals surface area contributed by atoms with Crippen LogP contribution in [0, 0.1) is 0 Å². The lowest BCUT2D eigenvalue weighted by atomic mass is 9.95. The molecule has 0 unspecified atom stereocenters. The van der Waals surface area contributed by atoms with E-state index in [2.05, 4.69) is 94.8 Å². The highest BCUT2D eigenvalue weighted by Crippen LogP contribution is 2.44. The van der Waals surface area contributed by atoms with Crippen molar-refractivity contribution in [2.24, 2.45) is 0 Å². The quantitative estimate of drug-likeness (QED) is 0.276.